The first-order valence-electron chi connectivity index (χ1n) is 6.21. The summed E-state index contributed by atoms with van der Waals surface area (Å²) < 4.78 is 5.17. The van der Waals surface area contributed by atoms with Crippen molar-refractivity contribution < 1.29 is 4.74 Å². The number of aromatic nitrogens is 1. The van der Waals surface area contributed by atoms with Gasteiger partial charge < -0.3 is 15.0 Å². The molecule has 0 spiro atoms. The van der Waals surface area contributed by atoms with Crippen molar-refractivity contribution in [2.24, 2.45) is 0 Å². The summed E-state index contributed by atoms with van der Waals surface area (Å²) >= 11 is 0. The van der Waals surface area contributed by atoms with Crippen LogP contribution in [0.15, 0.2) is 42.6 Å². The lowest BCUT2D eigenvalue weighted by Crippen LogP contribution is -2.17. The van der Waals surface area contributed by atoms with Crippen LogP contribution in [0.2, 0.25) is 0 Å². The van der Waals surface area contributed by atoms with Crippen LogP contribution < -0.4 is 15.0 Å². The van der Waals surface area contributed by atoms with Gasteiger partial charge in [0.05, 0.1) is 7.11 Å². The highest BCUT2D eigenvalue weighted by atomic mass is 16.5. The van der Waals surface area contributed by atoms with Crippen LogP contribution in [-0.2, 0) is 6.54 Å². The Bertz CT molecular complexity index is 525. The van der Waals surface area contributed by atoms with E-state index in [2.05, 4.69) is 28.3 Å². The van der Waals surface area contributed by atoms with Crippen molar-refractivity contribution >= 4 is 11.5 Å². The second-order valence-corrected chi connectivity index (χ2v) is 4.32. The predicted octanol–water partition coefficient (Wildman–Crippen LogP) is 2.77. The summed E-state index contributed by atoms with van der Waals surface area (Å²) in [5.74, 6) is 1.79. The average Bonchev–Trinajstić information content (AvgIpc) is 2.48. The van der Waals surface area contributed by atoms with E-state index in [1.165, 1.54) is 5.56 Å². The second-order valence-electron chi connectivity index (χ2n) is 4.32. The van der Waals surface area contributed by atoms with Gasteiger partial charge in [-0.3, -0.25) is 0 Å². The topological polar surface area (TPSA) is 37.4 Å². The lowest BCUT2D eigenvalue weighted by molar-refractivity contribution is 0.415. The summed E-state index contributed by atoms with van der Waals surface area (Å²) in [6.45, 7) is 0.802. The Labute approximate surface area is 114 Å². The molecule has 1 N–H and O–H groups in total. The molecule has 1 heterocycles. The molecule has 0 radical (unpaired) electrons. The molecule has 19 heavy (non-hydrogen) atoms. The first kappa shape index (κ1) is 13.2. The zero-order chi connectivity index (χ0) is 13.7. The first-order valence-corrected chi connectivity index (χ1v) is 6.21. The third-order valence-electron chi connectivity index (χ3n) is 3.05. The lowest BCUT2D eigenvalue weighted by Gasteiger charge is -2.20. The van der Waals surface area contributed by atoms with Crippen LogP contribution in [0, 0.1) is 0 Å². The van der Waals surface area contributed by atoms with Gasteiger partial charge in [0.1, 0.15) is 11.6 Å². The summed E-state index contributed by atoms with van der Waals surface area (Å²) in [6.07, 6.45) is 1.79. The maximum atomic E-state index is 5.17. The van der Waals surface area contributed by atoms with Crippen LogP contribution >= 0.6 is 0 Å². The van der Waals surface area contributed by atoms with Crippen molar-refractivity contribution in [1.29, 1.82) is 0 Å². The minimum Gasteiger partial charge on any atom is -0.497 e. The number of hydrogen-bond acceptors (Lipinski definition) is 4. The molecule has 4 heteroatoms. The van der Waals surface area contributed by atoms with Gasteiger partial charge in [-0.05, 0) is 30.3 Å². The van der Waals surface area contributed by atoms with Gasteiger partial charge in [-0.1, -0.05) is 6.07 Å². The Morgan fingerprint density at radius 1 is 1.21 bits per heavy atom. The first-order chi connectivity index (χ1) is 9.24. The van der Waals surface area contributed by atoms with Gasteiger partial charge >= 0.3 is 0 Å². The molecule has 0 saturated carbocycles. The van der Waals surface area contributed by atoms with Gasteiger partial charge in [0.25, 0.3) is 0 Å². The SMILES string of the molecule is CNc1ncccc1CN(C)c1ccc(OC)cc1. The summed E-state index contributed by atoms with van der Waals surface area (Å²) in [4.78, 5) is 6.49. The van der Waals surface area contributed by atoms with E-state index in [1.54, 1.807) is 13.3 Å². The van der Waals surface area contributed by atoms with E-state index in [9.17, 15) is 0 Å². The zero-order valence-corrected chi connectivity index (χ0v) is 11.6. The van der Waals surface area contributed by atoms with E-state index < -0.39 is 0 Å². The number of ether oxygens (including phenoxy) is 1. The molecule has 0 atom stereocenters. The van der Waals surface area contributed by atoms with Crippen molar-refractivity contribution in [3.05, 3.63) is 48.2 Å². The molecule has 0 aliphatic carbocycles. The van der Waals surface area contributed by atoms with E-state index in [4.69, 9.17) is 4.74 Å². The Morgan fingerprint density at radius 3 is 2.58 bits per heavy atom. The molecule has 100 valence electrons. The number of rotatable bonds is 5. The predicted molar refractivity (Wildman–Crippen MR) is 78.9 cm³/mol. The van der Waals surface area contributed by atoms with Gasteiger partial charge in [-0.15, -0.1) is 0 Å². The summed E-state index contributed by atoms with van der Waals surface area (Å²) in [5, 5.41) is 3.11. The van der Waals surface area contributed by atoms with E-state index in [0.29, 0.717) is 0 Å². The third-order valence-corrected chi connectivity index (χ3v) is 3.05. The highest BCUT2D eigenvalue weighted by Gasteiger charge is 2.06. The molecule has 1 aromatic heterocycles. The zero-order valence-electron chi connectivity index (χ0n) is 11.6. The van der Waals surface area contributed by atoms with Crippen LogP contribution in [0.3, 0.4) is 0 Å². The van der Waals surface area contributed by atoms with Gasteiger partial charge in [0.2, 0.25) is 0 Å². The standard InChI is InChI=1S/C15H19N3O/c1-16-15-12(5-4-10-17-15)11-18(2)13-6-8-14(19-3)9-7-13/h4-10H,11H2,1-3H3,(H,16,17). The molecule has 2 rings (SSSR count). The largest absolute Gasteiger partial charge is 0.497 e. The number of benzene rings is 1. The minimum atomic E-state index is 0.802. The Hall–Kier alpha value is -2.23. The van der Waals surface area contributed by atoms with Crippen LogP contribution in [0.5, 0.6) is 5.75 Å². The average molecular weight is 257 g/mol. The quantitative estimate of drug-likeness (QED) is 0.893. The molecular weight excluding hydrogens is 238 g/mol. The number of methoxy groups -OCH3 is 1. The van der Waals surface area contributed by atoms with Crippen LogP contribution in [0.4, 0.5) is 11.5 Å². The smallest absolute Gasteiger partial charge is 0.130 e. The molecule has 0 amide bonds. The molecule has 2 aromatic rings. The van der Waals surface area contributed by atoms with Crippen molar-refractivity contribution in [3.8, 4) is 5.75 Å². The van der Waals surface area contributed by atoms with Crippen LogP contribution in [-0.4, -0.2) is 26.2 Å². The fraction of sp³-hybridized carbons (Fsp3) is 0.267. The number of anilines is 2. The highest BCUT2D eigenvalue weighted by molar-refractivity contribution is 5.51. The molecule has 0 aliphatic heterocycles. The number of nitrogens with zero attached hydrogens (tertiary/aromatic N) is 2. The summed E-state index contributed by atoms with van der Waals surface area (Å²) in [5.41, 5.74) is 2.31. The second kappa shape index (κ2) is 6.09. The number of hydrogen-bond donors (Lipinski definition) is 1. The summed E-state index contributed by atoms with van der Waals surface area (Å²) in [7, 11) is 5.63. The van der Waals surface area contributed by atoms with Gasteiger partial charge in [0.15, 0.2) is 0 Å². The van der Waals surface area contributed by atoms with Crippen LogP contribution in [0.1, 0.15) is 5.56 Å². The fourth-order valence-electron chi connectivity index (χ4n) is 1.97. The van der Waals surface area contributed by atoms with E-state index >= 15 is 0 Å². The van der Waals surface area contributed by atoms with Crippen molar-refractivity contribution in [1.82, 2.24) is 4.98 Å². The van der Waals surface area contributed by atoms with Crippen LogP contribution in [0.25, 0.3) is 0 Å². The number of nitrogens with one attached hydrogen (secondary N) is 1. The maximum absolute atomic E-state index is 5.17. The molecule has 0 saturated heterocycles. The molecule has 0 unspecified atom stereocenters. The Morgan fingerprint density at radius 2 is 1.95 bits per heavy atom. The van der Waals surface area contributed by atoms with Crippen molar-refractivity contribution in [2.45, 2.75) is 6.54 Å². The normalized spacial score (nSPS) is 10.1. The van der Waals surface area contributed by atoms with Gasteiger partial charge in [-0.2, -0.15) is 0 Å². The number of pyridine rings is 1. The summed E-state index contributed by atoms with van der Waals surface area (Å²) in [6, 6.07) is 12.1. The molecule has 1 aromatic carbocycles. The molecule has 4 nitrogen and oxygen atoms in total. The Balaban J connectivity index is 2.13. The third kappa shape index (κ3) is 3.16. The van der Waals surface area contributed by atoms with E-state index in [0.717, 1.165) is 23.8 Å². The van der Waals surface area contributed by atoms with E-state index in [-0.39, 0.29) is 0 Å². The van der Waals surface area contributed by atoms with Gasteiger partial charge in [0, 0.05) is 38.1 Å². The molecular formula is C15H19N3O. The van der Waals surface area contributed by atoms with Crippen molar-refractivity contribution in [2.75, 3.05) is 31.4 Å². The van der Waals surface area contributed by atoms with Crippen molar-refractivity contribution in [3.63, 3.8) is 0 Å². The maximum Gasteiger partial charge on any atom is 0.130 e. The highest BCUT2D eigenvalue weighted by Crippen LogP contribution is 2.21. The molecule has 0 bridgehead atoms. The lowest BCUT2D eigenvalue weighted by atomic mass is 10.2. The molecule has 0 aliphatic rings. The Kier molecular flexibility index (Phi) is 4.23. The molecule has 0 fully saturated rings. The van der Waals surface area contributed by atoms with Gasteiger partial charge in [-0.25, -0.2) is 4.98 Å². The fourth-order valence-corrected chi connectivity index (χ4v) is 1.97. The minimum absolute atomic E-state index is 0.802. The monoisotopic (exact) mass is 257 g/mol. The van der Waals surface area contributed by atoms with E-state index in [1.807, 2.05) is 37.4 Å².